The van der Waals surface area contributed by atoms with E-state index in [0.717, 1.165) is 30.6 Å². The van der Waals surface area contributed by atoms with Crippen LogP contribution in [-0.2, 0) is 25.7 Å². The molecule has 0 aromatic heterocycles. The fraction of sp³-hybridized carbons (Fsp3) is 0.444. The monoisotopic (exact) mass is 474 g/mol. The number of rotatable bonds is 6. The molecule has 0 saturated heterocycles. The number of allylic oxidation sites excluding steroid dienone is 8. The maximum absolute atomic E-state index is 2.53. The summed E-state index contributed by atoms with van der Waals surface area (Å²) in [6, 6.07) is 14.7. The molecule has 0 heterocycles. The van der Waals surface area contributed by atoms with Gasteiger partial charge in [-0.1, -0.05) is 87.5 Å². The third kappa shape index (κ3) is 4.49. The number of benzene rings is 2. The van der Waals surface area contributed by atoms with Crippen LogP contribution in [0.25, 0.3) is 5.57 Å². The van der Waals surface area contributed by atoms with E-state index in [-0.39, 0.29) is 0 Å². The van der Waals surface area contributed by atoms with Crippen molar-refractivity contribution in [2.45, 2.75) is 84.5 Å². The number of fused-ring (bicyclic) bond motifs is 2. The van der Waals surface area contributed by atoms with Crippen molar-refractivity contribution < 1.29 is 0 Å². The van der Waals surface area contributed by atoms with Gasteiger partial charge in [0.25, 0.3) is 0 Å². The molecule has 0 amide bonds. The minimum atomic E-state index is 0.408. The van der Waals surface area contributed by atoms with Crippen molar-refractivity contribution in [3.63, 3.8) is 0 Å². The molecule has 0 radical (unpaired) electrons. The standard InChI is InChI=1S/C36H42/c1-4-26-21-25(11-19-33(26)29-15-12-27(13-16-29)24(2)3)22-31-18-20-35(36-10-6-9-34(31)36)32-17-14-28-7-5-8-30(28)23-32/h6,9-11,14,17-21,23-24,27,29,36H,4-5,7-8,12-13,15-16,22H2,1-3H3. The minimum Gasteiger partial charge on any atom is -0.0726 e. The summed E-state index contributed by atoms with van der Waals surface area (Å²) in [5.74, 6) is 2.94. The van der Waals surface area contributed by atoms with E-state index in [0.29, 0.717) is 5.92 Å². The number of hydrogen-bond donors (Lipinski definition) is 0. The van der Waals surface area contributed by atoms with Gasteiger partial charge in [0.15, 0.2) is 0 Å². The van der Waals surface area contributed by atoms with Crippen LogP contribution in [0.3, 0.4) is 0 Å². The zero-order chi connectivity index (χ0) is 24.6. The smallest absolute Gasteiger partial charge is 0.0281 e. The minimum absolute atomic E-state index is 0.408. The van der Waals surface area contributed by atoms with Gasteiger partial charge in [-0.05, 0) is 126 Å². The van der Waals surface area contributed by atoms with Crippen LogP contribution in [0, 0.1) is 17.8 Å². The summed E-state index contributed by atoms with van der Waals surface area (Å²) in [7, 11) is 0. The van der Waals surface area contributed by atoms with Crippen LogP contribution in [0.15, 0.2) is 77.9 Å². The van der Waals surface area contributed by atoms with Crippen molar-refractivity contribution in [2.75, 3.05) is 0 Å². The van der Waals surface area contributed by atoms with E-state index in [2.05, 4.69) is 87.5 Å². The van der Waals surface area contributed by atoms with Gasteiger partial charge in [0.1, 0.15) is 0 Å². The quantitative estimate of drug-likeness (QED) is 0.391. The van der Waals surface area contributed by atoms with Crippen molar-refractivity contribution >= 4 is 5.57 Å². The predicted octanol–water partition coefficient (Wildman–Crippen LogP) is 9.35. The molecule has 2 aromatic carbocycles. The molecule has 186 valence electrons. The van der Waals surface area contributed by atoms with Gasteiger partial charge in [-0.15, -0.1) is 0 Å². The molecule has 6 rings (SSSR count). The molecule has 4 aliphatic rings. The molecule has 0 nitrogen and oxygen atoms in total. The third-order valence-corrected chi connectivity index (χ3v) is 9.65. The summed E-state index contributed by atoms with van der Waals surface area (Å²) in [6.07, 6.45) is 23.4. The van der Waals surface area contributed by atoms with Crippen molar-refractivity contribution in [1.82, 2.24) is 0 Å². The SMILES string of the molecule is CCc1cc(CC2=CC=C(c3ccc4c(c3)CCC4)C3C=CC=C23)ccc1C1CCC(C(C)C)CC1. The molecule has 1 fully saturated rings. The maximum Gasteiger partial charge on any atom is 0.0281 e. The average molecular weight is 475 g/mol. The summed E-state index contributed by atoms with van der Waals surface area (Å²) < 4.78 is 0. The summed E-state index contributed by atoms with van der Waals surface area (Å²) in [6.45, 7) is 7.15. The van der Waals surface area contributed by atoms with Gasteiger partial charge in [-0.2, -0.15) is 0 Å². The van der Waals surface area contributed by atoms with E-state index in [1.165, 1.54) is 72.8 Å². The lowest BCUT2D eigenvalue weighted by atomic mass is 9.73. The second-order valence-electron chi connectivity index (χ2n) is 12.1. The van der Waals surface area contributed by atoms with Gasteiger partial charge in [0.2, 0.25) is 0 Å². The van der Waals surface area contributed by atoms with Gasteiger partial charge in [0, 0.05) is 5.92 Å². The third-order valence-electron chi connectivity index (χ3n) is 9.65. The Bertz CT molecular complexity index is 1250. The van der Waals surface area contributed by atoms with Gasteiger partial charge in [0.05, 0.1) is 0 Å². The fourth-order valence-corrected chi connectivity index (χ4v) is 7.42. The van der Waals surface area contributed by atoms with Crippen molar-refractivity contribution in [2.24, 2.45) is 17.8 Å². The first kappa shape index (κ1) is 23.8. The van der Waals surface area contributed by atoms with E-state index in [1.54, 1.807) is 22.3 Å². The molecule has 0 heteroatoms. The van der Waals surface area contributed by atoms with E-state index in [4.69, 9.17) is 0 Å². The van der Waals surface area contributed by atoms with Crippen LogP contribution < -0.4 is 0 Å². The molecular formula is C36H42. The lowest BCUT2D eigenvalue weighted by Gasteiger charge is -2.32. The Balaban J connectivity index is 1.22. The van der Waals surface area contributed by atoms with Crippen molar-refractivity contribution in [3.05, 3.63) is 111 Å². The van der Waals surface area contributed by atoms with Crippen LogP contribution in [0.4, 0.5) is 0 Å². The van der Waals surface area contributed by atoms with Crippen LogP contribution in [0.5, 0.6) is 0 Å². The molecule has 0 aliphatic heterocycles. The van der Waals surface area contributed by atoms with Gasteiger partial charge in [-0.3, -0.25) is 0 Å². The van der Waals surface area contributed by atoms with Gasteiger partial charge >= 0.3 is 0 Å². The number of aryl methyl sites for hydroxylation is 3. The first-order valence-corrected chi connectivity index (χ1v) is 14.6. The lowest BCUT2D eigenvalue weighted by Crippen LogP contribution is -2.18. The predicted molar refractivity (Wildman–Crippen MR) is 154 cm³/mol. The van der Waals surface area contributed by atoms with Crippen LogP contribution in [-0.4, -0.2) is 0 Å². The van der Waals surface area contributed by atoms with Crippen LogP contribution in [0.2, 0.25) is 0 Å². The molecule has 0 spiro atoms. The van der Waals surface area contributed by atoms with E-state index in [9.17, 15) is 0 Å². The van der Waals surface area contributed by atoms with E-state index >= 15 is 0 Å². The second-order valence-corrected chi connectivity index (χ2v) is 12.1. The van der Waals surface area contributed by atoms with Crippen molar-refractivity contribution in [3.8, 4) is 0 Å². The van der Waals surface area contributed by atoms with Crippen LogP contribution in [0.1, 0.15) is 92.2 Å². The highest BCUT2D eigenvalue weighted by atomic mass is 14.3. The molecule has 1 unspecified atom stereocenters. The fourth-order valence-electron chi connectivity index (χ4n) is 7.42. The molecule has 1 atom stereocenters. The number of hydrogen-bond acceptors (Lipinski definition) is 0. The summed E-state index contributed by atoms with van der Waals surface area (Å²) in [5, 5.41) is 0. The molecule has 4 aliphatic carbocycles. The first-order chi connectivity index (χ1) is 17.6. The van der Waals surface area contributed by atoms with E-state index in [1.807, 2.05) is 0 Å². The second kappa shape index (κ2) is 10.0. The largest absolute Gasteiger partial charge is 0.0726 e. The van der Waals surface area contributed by atoms with Gasteiger partial charge < -0.3 is 0 Å². The molecule has 0 bridgehead atoms. The molecule has 2 aromatic rings. The summed E-state index contributed by atoms with van der Waals surface area (Å²) in [4.78, 5) is 0. The topological polar surface area (TPSA) is 0 Å². The highest BCUT2D eigenvalue weighted by molar-refractivity contribution is 5.79. The Morgan fingerprint density at radius 2 is 1.67 bits per heavy atom. The highest BCUT2D eigenvalue weighted by Crippen LogP contribution is 2.43. The van der Waals surface area contributed by atoms with Crippen molar-refractivity contribution in [1.29, 1.82) is 0 Å². The molecule has 36 heavy (non-hydrogen) atoms. The summed E-state index contributed by atoms with van der Waals surface area (Å²) in [5.41, 5.74) is 13.7. The lowest BCUT2D eigenvalue weighted by molar-refractivity contribution is 0.258. The Hall–Kier alpha value is -2.60. The maximum atomic E-state index is 2.53. The Kier molecular flexibility index (Phi) is 6.63. The zero-order valence-corrected chi connectivity index (χ0v) is 22.5. The highest BCUT2D eigenvalue weighted by Gasteiger charge is 2.28. The Morgan fingerprint density at radius 1 is 0.833 bits per heavy atom. The first-order valence-electron chi connectivity index (χ1n) is 14.6. The Morgan fingerprint density at radius 3 is 2.47 bits per heavy atom. The molecule has 1 saturated carbocycles. The molecular weight excluding hydrogens is 432 g/mol. The summed E-state index contributed by atoms with van der Waals surface area (Å²) >= 11 is 0. The Labute approximate surface area is 218 Å². The molecule has 0 N–H and O–H groups in total. The normalized spacial score (nSPS) is 24.9. The van der Waals surface area contributed by atoms with Gasteiger partial charge in [-0.25, -0.2) is 0 Å². The van der Waals surface area contributed by atoms with E-state index < -0.39 is 0 Å². The van der Waals surface area contributed by atoms with Crippen LogP contribution >= 0.6 is 0 Å². The zero-order valence-electron chi connectivity index (χ0n) is 22.5. The average Bonchev–Trinajstić information content (AvgIpc) is 3.59.